The van der Waals surface area contributed by atoms with Crippen molar-refractivity contribution in [2.24, 2.45) is 0 Å². The Bertz CT molecular complexity index is 671. The Morgan fingerprint density at radius 3 is 2.50 bits per heavy atom. The van der Waals surface area contributed by atoms with Gasteiger partial charge in [0.05, 0.1) is 11.3 Å². The summed E-state index contributed by atoms with van der Waals surface area (Å²) in [6.07, 6.45) is -4.93. The van der Waals surface area contributed by atoms with Crippen LogP contribution in [0.15, 0.2) is 17.0 Å². The number of benzene rings is 1. The molecule has 4 nitrogen and oxygen atoms in total. The van der Waals surface area contributed by atoms with E-state index in [1.807, 2.05) is 19.0 Å². The van der Waals surface area contributed by atoms with Crippen LogP contribution in [0.3, 0.4) is 0 Å². The minimum Gasteiger partial charge on any atom is -0.308 e. The molecule has 1 heterocycles. The molecule has 0 saturated heterocycles. The highest BCUT2D eigenvalue weighted by Gasteiger charge is 2.43. The van der Waals surface area contributed by atoms with Crippen molar-refractivity contribution < 1.29 is 26.0 Å². The van der Waals surface area contributed by atoms with E-state index in [1.54, 1.807) is 0 Å². The van der Waals surface area contributed by atoms with Gasteiger partial charge in [0, 0.05) is 19.1 Å². The zero-order valence-corrected chi connectivity index (χ0v) is 12.9. The molecule has 1 aliphatic heterocycles. The molecule has 0 spiro atoms. The Morgan fingerprint density at radius 2 is 1.95 bits per heavy atom. The fourth-order valence-electron chi connectivity index (χ4n) is 2.40. The van der Waals surface area contributed by atoms with Gasteiger partial charge in [-0.25, -0.2) is 12.8 Å². The van der Waals surface area contributed by atoms with Crippen molar-refractivity contribution in [1.82, 2.24) is 10.2 Å². The second-order valence-corrected chi connectivity index (χ2v) is 7.41. The summed E-state index contributed by atoms with van der Waals surface area (Å²) < 4.78 is 76.2. The molecule has 124 valence electrons. The van der Waals surface area contributed by atoms with Gasteiger partial charge in [-0.05, 0) is 25.7 Å². The molecule has 9 heteroatoms. The smallest absolute Gasteiger partial charge is 0.308 e. The van der Waals surface area contributed by atoms with Crippen molar-refractivity contribution >= 4 is 9.84 Å². The minimum atomic E-state index is -4.93. The van der Waals surface area contributed by atoms with Gasteiger partial charge in [0.25, 0.3) is 0 Å². The largest absolute Gasteiger partial charge is 0.419 e. The first-order chi connectivity index (χ1) is 10.0. The first-order valence-electron chi connectivity index (χ1n) is 6.54. The van der Waals surface area contributed by atoms with Crippen LogP contribution in [0.1, 0.15) is 17.2 Å². The Balaban J connectivity index is 2.39. The van der Waals surface area contributed by atoms with Gasteiger partial charge in [-0.2, -0.15) is 13.2 Å². The van der Waals surface area contributed by atoms with Gasteiger partial charge in [0.1, 0.15) is 4.90 Å². The molecule has 0 aromatic heterocycles. The quantitative estimate of drug-likeness (QED) is 0.850. The topological polar surface area (TPSA) is 49.4 Å². The zero-order valence-electron chi connectivity index (χ0n) is 12.0. The monoisotopic (exact) mass is 340 g/mol. The van der Waals surface area contributed by atoms with E-state index in [-0.39, 0.29) is 5.56 Å². The summed E-state index contributed by atoms with van der Waals surface area (Å²) >= 11 is 0. The number of rotatable bonds is 4. The number of sulfone groups is 1. The van der Waals surface area contributed by atoms with Crippen LogP contribution >= 0.6 is 0 Å². The van der Waals surface area contributed by atoms with E-state index in [0.717, 1.165) is 6.07 Å². The lowest BCUT2D eigenvalue weighted by Gasteiger charge is -2.16. The Hall–Kier alpha value is -1.19. The van der Waals surface area contributed by atoms with E-state index in [1.165, 1.54) is 0 Å². The lowest BCUT2D eigenvalue weighted by Crippen LogP contribution is -2.30. The second kappa shape index (κ2) is 5.78. The molecule has 0 fully saturated rings. The fraction of sp³-hybridized carbons (Fsp3) is 0.538. The maximum Gasteiger partial charge on any atom is 0.419 e. The van der Waals surface area contributed by atoms with Gasteiger partial charge >= 0.3 is 6.18 Å². The van der Waals surface area contributed by atoms with Crippen LogP contribution in [-0.2, 0) is 16.0 Å². The van der Waals surface area contributed by atoms with Crippen molar-refractivity contribution in [2.75, 3.05) is 32.9 Å². The number of hydrogen-bond acceptors (Lipinski definition) is 4. The molecule has 0 aliphatic carbocycles. The van der Waals surface area contributed by atoms with Crippen molar-refractivity contribution in [2.45, 2.75) is 17.1 Å². The molecule has 0 bridgehead atoms. The number of fused-ring (bicyclic) bond motifs is 1. The molecule has 0 radical (unpaired) electrons. The fourth-order valence-corrected chi connectivity index (χ4v) is 4.26. The highest BCUT2D eigenvalue weighted by molar-refractivity contribution is 7.91. The lowest BCUT2D eigenvalue weighted by atomic mass is 10.1. The van der Waals surface area contributed by atoms with Crippen LogP contribution in [-0.4, -0.2) is 46.3 Å². The Kier molecular flexibility index (Phi) is 4.51. The molecule has 1 aromatic carbocycles. The molecule has 2 rings (SSSR count). The van der Waals surface area contributed by atoms with E-state index < -0.39 is 44.1 Å². The first kappa shape index (κ1) is 17.2. The number of nitrogens with one attached hydrogen (secondary N) is 1. The van der Waals surface area contributed by atoms with Gasteiger partial charge < -0.3 is 10.2 Å². The number of hydrogen-bond donors (Lipinski definition) is 1. The van der Waals surface area contributed by atoms with Gasteiger partial charge in [-0.1, -0.05) is 6.07 Å². The predicted octanol–water partition coefficient (Wildman–Crippen LogP) is 1.82. The standard InChI is InChI=1S/C13H16F4N2O2S/c1-19(2)6-5-18-10-7-22(20,21)12-8(10)3-4-9(11(12)14)13(15,16)17/h3-4,10,18H,5-7H2,1-2H3. The third-order valence-corrected chi connectivity index (χ3v) is 5.26. The van der Waals surface area contributed by atoms with Crippen LogP contribution in [0.2, 0.25) is 0 Å². The van der Waals surface area contributed by atoms with E-state index in [0.29, 0.717) is 19.2 Å². The van der Waals surface area contributed by atoms with Gasteiger partial charge in [-0.15, -0.1) is 0 Å². The number of nitrogens with zero attached hydrogens (tertiary/aromatic N) is 1. The van der Waals surface area contributed by atoms with Gasteiger partial charge in [0.2, 0.25) is 0 Å². The predicted molar refractivity (Wildman–Crippen MR) is 72.8 cm³/mol. The SMILES string of the molecule is CN(C)CCNC1CS(=O)(=O)c2c1ccc(C(F)(F)F)c2F. The molecule has 0 amide bonds. The summed E-state index contributed by atoms with van der Waals surface area (Å²) in [5.74, 6) is -2.14. The highest BCUT2D eigenvalue weighted by Crippen LogP contribution is 2.40. The van der Waals surface area contributed by atoms with Gasteiger partial charge in [-0.3, -0.25) is 0 Å². The molecular weight excluding hydrogens is 324 g/mol. The van der Waals surface area contributed by atoms with E-state index in [4.69, 9.17) is 0 Å². The van der Waals surface area contributed by atoms with Gasteiger partial charge in [0.15, 0.2) is 15.7 Å². The summed E-state index contributed by atoms with van der Waals surface area (Å²) in [7, 11) is -0.411. The summed E-state index contributed by atoms with van der Waals surface area (Å²) in [4.78, 5) is 1.04. The van der Waals surface area contributed by atoms with Crippen molar-refractivity contribution in [3.8, 4) is 0 Å². The third kappa shape index (κ3) is 3.26. The molecule has 0 saturated carbocycles. The average Bonchev–Trinajstić information content (AvgIpc) is 2.60. The average molecular weight is 340 g/mol. The normalized spacial score (nSPS) is 20.4. The molecule has 1 aliphatic rings. The summed E-state index contributed by atoms with van der Waals surface area (Å²) in [5, 5.41) is 2.94. The van der Waals surface area contributed by atoms with E-state index >= 15 is 0 Å². The molecule has 1 N–H and O–H groups in total. The van der Waals surface area contributed by atoms with Crippen LogP contribution in [0.4, 0.5) is 17.6 Å². The zero-order chi connectivity index (χ0) is 16.7. The van der Waals surface area contributed by atoms with E-state index in [2.05, 4.69) is 5.32 Å². The van der Waals surface area contributed by atoms with Crippen LogP contribution < -0.4 is 5.32 Å². The molecular formula is C13H16F4N2O2S. The number of alkyl halides is 3. The highest BCUT2D eigenvalue weighted by atomic mass is 32.2. The number of halogens is 4. The third-order valence-electron chi connectivity index (χ3n) is 3.46. The summed E-state index contributed by atoms with van der Waals surface area (Å²) in [5.41, 5.74) is -1.49. The summed E-state index contributed by atoms with van der Waals surface area (Å²) in [6, 6.07) is 0.936. The van der Waals surface area contributed by atoms with Crippen LogP contribution in [0.25, 0.3) is 0 Å². The Labute approximate surface area is 126 Å². The maximum atomic E-state index is 14.1. The van der Waals surface area contributed by atoms with Crippen LogP contribution in [0.5, 0.6) is 0 Å². The lowest BCUT2D eigenvalue weighted by molar-refractivity contribution is -0.140. The molecule has 1 aromatic rings. The minimum absolute atomic E-state index is 0.0595. The van der Waals surface area contributed by atoms with Crippen molar-refractivity contribution in [3.63, 3.8) is 0 Å². The molecule has 22 heavy (non-hydrogen) atoms. The maximum absolute atomic E-state index is 14.1. The molecule has 1 atom stereocenters. The molecule has 1 unspecified atom stereocenters. The second-order valence-electron chi connectivity index (χ2n) is 5.43. The summed E-state index contributed by atoms with van der Waals surface area (Å²) in [6.45, 7) is 1.06. The first-order valence-corrected chi connectivity index (χ1v) is 8.19. The Morgan fingerprint density at radius 1 is 1.32 bits per heavy atom. The van der Waals surface area contributed by atoms with Crippen LogP contribution in [0, 0.1) is 5.82 Å². The van der Waals surface area contributed by atoms with Crippen molar-refractivity contribution in [1.29, 1.82) is 0 Å². The number of likely N-dealkylation sites (N-methyl/N-ethyl adjacent to an activating group) is 1. The van der Waals surface area contributed by atoms with Crippen molar-refractivity contribution in [3.05, 3.63) is 29.1 Å². The van der Waals surface area contributed by atoms with E-state index in [9.17, 15) is 26.0 Å².